The van der Waals surface area contributed by atoms with Gasteiger partial charge in [0.25, 0.3) is 0 Å². The monoisotopic (exact) mass is 245 g/mol. The maximum atomic E-state index is 8.85. The molecule has 1 aliphatic carbocycles. The highest BCUT2D eigenvalue weighted by Gasteiger charge is 2.45. The summed E-state index contributed by atoms with van der Waals surface area (Å²) in [5, 5.41) is 8.85. The lowest BCUT2D eigenvalue weighted by Gasteiger charge is -2.06. The van der Waals surface area contributed by atoms with Gasteiger partial charge in [0.2, 0.25) is 0 Å². The van der Waals surface area contributed by atoms with Crippen molar-refractivity contribution in [1.29, 1.82) is 5.26 Å². The average Bonchev–Trinajstić information content (AvgIpc) is 3.02. The lowest BCUT2D eigenvalue weighted by atomic mass is 9.97. The predicted molar refractivity (Wildman–Crippen MR) is 78.2 cm³/mol. The fourth-order valence-electron chi connectivity index (χ4n) is 2.80. The summed E-state index contributed by atoms with van der Waals surface area (Å²) in [6, 6.07) is 20.5. The molecule has 0 aliphatic heterocycles. The van der Waals surface area contributed by atoms with Gasteiger partial charge in [0.1, 0.15) is 0 Å². The lowest BCUT2D eigenvalue weighted by Crippen LogP contribution is -1.93. The van der Waals surface area contributed by atoms with Gasteiger partial charge in [0, 0.05) is 5.41 Å². The van der Waals surface area contributed by atoms with Crippen LogP contribution in [0.5, 0.6) is 0 Å². The Morgan fingerprint density at radius 1 is 0.789 bits per heavy atom. The molecule has 0 unspecified atom stereocenters. The molecule has 0 aromatic heterocycles. The normalized spacial score (nSPS) is 16.1. The molecule has 0 heterocycles. The standard InChI is InChI=1S/C18H15N/c1-18(2)16(14-6-4-3-5-7-14)17(18)15-10-8-13(12-19)9-11-15/h3-11H,1-2H3. The molecule has 0 saturated heterocycles. The molecule has 0 N–H and O–H groups in total. The highest BCUT2D eigenvalue weighted by molar-refractivity contribution is 6.13. The van der Waals surface area contributed by atoms with E-state index in [0.29, 0.717) is 5.56 Å². The van der Waals surface area contributed by atoms with Crippen LogP contribution in [0.15, 0.2) is 54.6 Å². The van der Waals surface area contributed by atoms with Crippen molar-refractivity contribution in [2.24, 2.45) is 5.41 Å². The van der Waals surface area contributed by atoms with Gasteiger partial charge >= 0.3 is 0 Å². The second-order valence-corrected chi connectivity index (χ2v) is 5.43. The number of allylic oxidation sites excluding steroid dienone is 2. The fraction of sp³-hybridized carbons (Fsp3) is 0.167. The summed E-state index contributed by atoms with van der Waals surface area (Å²) >= 11 is 0. The Hall–Kier alpha value is -2.33. The molecule has 0 amide bonds. The van der Waals surface area contributed by atoms with Crippen molar-refractivity contribution in [2.75, 3.05) is 0 Å². The lowest BCUT2D eigenvalue weighted by molar-refractivity contribution is 0.760. The first-order valence-corrected chi connectivity index (χ1v) is 6.46. The van der Waals surface area contributed by atoms with Gasteiger partial charge in [-0.25, -0.2) is 0 Å². The average molecular weight is 245 g/mol. The summed E-state index contributed by atoms with van der Waals surface area (Å²) in [4.78, 5) is 0. The summed E-state index contributed by atoms with van der Waals surface area (Å²) in [6.45, 7) is 4.51. The van der Waals surface area contributed by atoms with Crippen LogP contribution in [-0.2, 0) is 0 Å². The number of rotatable bonds is 2. The van der Waals surface area contributed by atoms with Crippen molar-refractivity contribution < 1.29 is 0 Å². The molecular weight excluding hydrogens is 230 g/mol. The van der Waals surface area contributed by atoms with Gasteiger partial charge in [-0.15, -0.1) is 0 Å². The number of hydrogen-bond acceptors (Lipinski definition) is 1. The quantitative estimate of drug-likeness (QED) is 0.763. The Kier molecular flexibility index (Phi) is 2.54. The van der Waals surface area contributed by atoms with E-state index in [1.54, 1.807) is 0 Å². The molecule has 2 aromatic carbocycles. The van der Waals surface area contributed by atoms with E-state index in [1.807, 2.05) is 30.3 Å². The van der Waals surface area contributed by atoms with Gasteiger partial charge in [-0.05, 0) is 34.4 Å². The van der Waals surface area contributed by atoms with Crippen LogP contribution >= 0.6 is 0 Å². The smallest absolute Gasteiger partial charge is 0.0991 e. The van der Waals surface area contributed by atoms with Crippen LogP contribution in [-0.4, -0.2) is 0 Å². The van der Waals surface area contributed by atoms with Crippen molar-refractivity contribution in [3.8, 4) is 6.07 Å². The fourth-order valence-corrected chi connectivity index (χ4v) is 2.80. The molecule has 1 heteroatoms. The Morgan fingerprint density at radius 3 is 1.84 bits per heavy atom. The van der Waals surface area contributed by atoms with E-state index < -0.39 is 0 Å². The van der Waals surface area contributed by atoms with Crippen LogP contribution in [0.1, 0.15) is 30.5 Å². The first-order valence-electron chi connectivity index (χ1n) is 6.46. The largest absolute Gasteiger partial charge is 0.192 e. The summed E-state index contributed by atoms with van der Waals surface area (Å²) in [7, 11) is 0. The minimum Gasteiger partial charge on any atom is -0.192 e. The van der Waals surface area contributed by atoms with Crippen molar-refractivity contribution >= 4 is 11.1 Å². The van der Waals surface area contributed by atoms with Crippen LogP contribution in [0.25, 0.3) is 11.1 Å². The van der Waals surface area contributed by atoms with Crippen molar-refractivity contribution in [3.63, 3.8) is 0 Å². The van der Waals surface area contributed by atoms with Gasteiger partial charge in [-0.3, -0.25) is 0 Å². The van der Waals surface area contributed by atoms with Crippen LogP contribution in [0.2, 0.25) is 0 Å². The molecule has 3 rings (SSSR count). The zero-order chi connectivity index (χ0) is 13.5. The van der Waals surface area contributed by atoms with Crippen LogP contribution in [0, 0.1) is 16.7 Å². The van der Waals surface area contributed by atoms with E-state index >= 15 is 0 Å². The summed E-state index contributed by atoms with van der Waals surface area (Å²) in [5.41, 5.74) is 6.18. The predicted octanol–water partition coefficient (Wildman–Crippen LogP) is 4.51. The Morgan fingerprint density at radius 2 is 1.32 bits per heavy atom. The molecule has 0 atom stereocenters. The van der Waals surface area contributed by atoms with E-state index in [-0.39, 0.29) is 5.41 Å². The second-order valence-electron chi connectivity index (χ2n) is 5.43. The third kappa shape index (κ3) is 1.86. The van der Waals surface area contributed by atoms with Crippen LogP contribution in [0.3, 0.4) is 0 Å². The maximum absolute atomic E-state index is 8.85. The zero-order valence-corrected chi connectivity index (χ0v) is 11.1. The summed E-state index contributed by atoms with van der Waals surface area (Å²) in [5.74, 6) is 0. The van der Waals surface area contributed by atoms with E-state index in [1.165, 1.54) is 22.3 Å². The van der Waals surface area contributed by atoms with E-state index in [9.17, 15) is 0 Å². The number of benzene rings is 2. The van der Waals surface area contributed by atoms with E-state index in [2.05, 4.69) is 44.2 Å². The van der Waals surface area contributed by atoms with Gasteiger partial charge in [0.15, 0.2) is 0 Å². The first-order chi connectivity index (χ1) is 9.14. The molecule has 0 fully saturated rings. The number of hydrogen-bond donors (Lipinski definition) is 0. The molecule has 1 aliphatic rings. The van der Waals surface area contributed by atoms with Crippen molar-refractivity contribution in [2.45, 2.75) is 13.8 Å². The number of nitrogens with zero attached hydrogens (tertiary/aromatic N) is 1. The van der Waals surface area contributed by atoms with Crippen molar-refractivity contribution in [1.82, 2.24) is 0 Å². The number of nitriles is 1. The van der Waals surface area contributed by atoms with Gasteiger partial charge in [0.05, 0.1) is 11.6 Å². The third-order valence-electron chi connectivity index (χ3n) is 3.80. The molecule has 0 radical (unpaired) electrons. The van der Waals surface area contributed by atoms with E-state index in [0.717, 1.165) is 0 Å². The minimum atomic E-state index is 0.134. The molecule has 2 aromatic rings. The second kappa shape index (κ2) is 4.10. The highest BCUT2D eigenvalue weighted by Crippen LogP contribution is 2.62. The molecule has 1 nitrogen and oxygen atoms in total. The molecule has 0 bridgehead atoms. The SMILES string of the molecule is CC1(C)C(c2ccccc2)=C1c1ccc(C#N)cc1. The van der Waals surface area contributed by atoms with E-state index in [4.69, 9.17) is 5.26 Å². The Bertz CT molecular complexity index is 683. The van der Waals surface area contributed by atoms with Gasteiger partial charge < -0.3 is 0 Å². The van der Waals surface area contributed by atoms with Gasteiger partial charge in [-0.2, -0.15) is 5.26 Å². The Labute approximate surface area is 113 Å². The molecular formula is C18H15N. The molecule has 0 saturated carbocycles. The minimum absolute atomic E-state index is 0.134. The van der Waals surface area contributed by atoms with Crippen LogP contribution in [0.4, 0.5) is 0 Å². The maximum Gasteiger partial charge on any atom is 0.0991 e. The topological polar surface area (TPSA) is 23.8 Å². The van der Waals surface area contributed by atoms with Gasteiger partial charge in [-0.1, -0.05) is 56.3 Å². The van der Waals surface area contributed by atoms with Crippen molar-refractivity contribution in [3.05, 3.63) is 71.3 Å². The zero-order valence-electron chi connectivity index (χ0n) is 11.1. The highest BCUT2D eigenvalue weighted by atomic mass is 14.5. The first kappa shape index (κ1) is 11.7. The molecule has 19 heavy (non-hydrogen) atoms. The third-order valence-corrected chi connectivity index (χ3v) is 3.80. The molecule has 0 spiro atoms. The molecule has 92 valence electrons. The summed E-state index contributed by atoms with van der Waals surface area (Å²) < 4.78 is 0. The Balaban J connectivity index is 2.04. The van der Waals surface area contributed by atoms with Crippen LogP contribution < -0.4 is 0 Å². The summed E-state index contributed by atoms with van der Waals surface area (Å²) in [6.07, 6.45) is 0.